The van der Waals surface area contributed by atoms with E-state index in [1.54, 1.807) is 24.3 Å². The van der Waals surface area contributed by atoms with Gasteiger partial charge in [0.15, 0.2) is 0 Å². The van der Waals surface area contributed by atoms with Gasteiger partial charge in [0, 0.05) is 24.3 Å². The first kappa shape index (κ1) is 16.2. The lowest BCUT2D eigenvalue weighted by molar-refractivity contribution is -0.142. The largest absolute Gasteiger partial charge is 0.507 e. The Morgan fingerprint density at radius 2 is 1.83 bits per heavy atom. The molecule has 1 saturated heterocycles. The fourth-order valence-electron chi connectivity index (χ4n) is 2.66. The van der Waals surface area contributed by atoms with Crippen molar-refractivity contribution in [2.75, 3.05) is 18.0 Å². The minimum Gasteiger partial charge on any atom is -0.507 e. The summed E-state index contributed by atoms with van der Waals surface area (Å²) in [5, 5.41) is 18.8. The third-order valence-corrected chi connectivity index (χ3v) is 4.08. The van der Waals surface area contributed by atoms with Crippen LogP contribution in [0.5, 0.6) is 5.75 Å². The molecule has 1 heterocycles. The van der Waals surface area contributed by atoms with Crippen molar-refractivity contribution in [2.45, 2.75) is 6.18 Å². The molecule has 0 radical (unpaired) electrons. The van der Waals surface area contributed by atoms with Crippen LogP contribution in [-0.4, -0.2) is 29.3 Å². The van der Waals surface area contributed by atoms with Gasteiger partial charge < -0.3 is 15.1 Å². The molecule has 0 aliphatic carbocycles. The summed E-state index contributed by atoms with van der Waals surface area (Å²) < 4.78 is 38.6. The number of carboxylic acid groups (broad SMARTS) is 1. The highest BCUT2D eigenvalue weighted by molar-refractivity contribution is 5.77. The SMILES string of the molecule is O=C(O)C1CN(c2cccc(-c3cc(C(F)(F)F)ccc3O)c2)C1. The number of hydrogen-bond acceptors (Lipinski definition) is 3. The molecule has 0 spiro atoms. The summed E-state index contributed by atoms with van der Waals surface area (Å²) in [6.07, 6.45) is -4.49. The van der Waals surface area contributed by atoms with E-state index in [-0.39, 0.29) is 11.3 Å². The molecule has 1 aliphatic rings. The molecule has 2 aromatic carbocycles. The summed E-state index contributed by atoms with van der Waals surface area (Å²) in [6.45, 7) is 0.709. The first-order valence-corrected chi connectivity index (χ1v) is 7.24. The van der Waals surface area contributed by atoms with Gasteiger partial charge >= 0.3 is 12.1 Å². The normalized spacial score (nSPS) is 15.2. The van der Waals surface area contributed by atoms with E-state index in [1.807, 2.05) is 4.90 Å². The number of carboxylic acids is 1. The van der Waals surface area contributed by atoms with Gasteiger partial charge in [-0.25, -0.2) is 0 Å². The van der Waals surface area contributed by atoms with Crippen LogP contribution in [0.4, 0.5) is 18.9 Å². The minimum atomic E-state index is -4.49. The van der Waals surface area contributed by atoms with Crippen molar-refractivity contribution in [1.82, 2.24) is 0 Å². The van der Waals surface area contributed by atoms with Crippen molar-refractivity contribution < 1.29 is 28.2 Å². The fourth-order valence-corrected chi connectivity index (χ4v) is 2.66. The molecule has 2 aromatic rings. The predicted molar refractivity (Wildman–Crippen MR) is 81.9 cm³/mol. The van der Waals surface area contributed by atoms with E-state index in [4.69, 9.17) is 5.11 Å². The average Bonchev–Trinajstić information content (AvgIpc) is 2.45. The van der Waals surface area contributed by atoms with Crippen LogP contribution in [0.2, 0.25) is 0 Å². The zero-order chi connectivity index (χ0) is 17.5. The summed E-state index contributed by atoms with van der Waals surface area (Å²) in [5.41, 5.74) is 0.397. The van der Waals surface area contributed by atoms with E-state index < -0.39 is 23.6 Å². The number of hydrogen-bond donors (Lipinski definition) is 2. The lowest BCUT2D eigenvalue weighted by atomic mass is 9.97. The molecule has 0 bridgehead atoms. The molecule has 24 heavy (non-hydrogen) atoms. The van der Waals surface area contributed by atoms with E-state index >= 15 is 0 Å². The second-order valence-corrected chi connectivity index (χ2v) is 5.72. The Balaban J connectivity index is 1.91. The highest BCUT2D eigenvalue weighted by Crippen LogP contribution is 2.38. The van der Waals surface area contributed by atoms with E-state index in [1.165, 1.54) is 0 Å². The van der Waals surface area contributed by atoms with E-state index in [9.17, 15) is 23.1 Å². The summed E-state index contributed by atoms with van der Waals surface area (Å²) in [6, 6.07) is 9.43. The number of phenols is 1. The third kappa shape index (κ3) is 3.02. The zero-order valence-electron chi connectivity index (χ0n) is 12.4. The maximum Gasteiger partial charge on any atom is 0.416 e. The van der Waals surface area contributed by atoms with E-state index in [2.05, 4.69) is 0 Å². The van der Waals surface area contributed by atoms with Crippen LogP contribution in [0.15, 0.2) is 42.5 Å². The van der Waals surface area contributed by atoms with Crippen molar-refractivity contribution >= 4 is 11.7 Å². The van der Waals surface area contributed by atoms with Crippen molar-refractivity contribution in [3.8, 4) is 16.9 Å². The number of rotatable bonds is 3. The Morgan fingerprint density at radius 1 is 1.12 bits per heavy atom. The van der Waals surface area contributed by atoms with E-state index in [0.29, 0.717) is 24.3 Å². The first-order valence-electron chi connectivity index (χ1n) is 7.24. The smallest absolute Gasteiger partial charge is 0.416 e. The van der Waals surface area contributed by atoms with Gasteiger partial charge in [-0.05, 0) is 35.9 Å². The number of anilines is 1. The summed E-state index contributed by atoms with van der Waals surface area (Å²) in [5.74, 6) is -1.54. The summed E-state index contributed by atoms with van der Waals surface area (Å²) in [4.78, 5) is 12.7. The number of aromatic hydroxyl groups is 1. The molecular formula is C17H14F3NO3. The molecule has 1 aliphatic heterocycles. The van der Waals surface area contributed by atoms with Crippen molar-refractivity contribution in [1.29, 1.82) is 0 Å². The first-order chi connectivity index (χ1) is 11.3. The molecule has 0 saturated carbocycles. The second-order valence-electron chi connectivity index (χ2n) is 5.72. The van der Waals surface area contributed by atoms with Crippen LogP contribution in [-0.2, 0) is 11.0 Å². The lowest BCUT2D eigenvalue weighted by Gasteiger charge is -2.38. The second kappa shape index (κ2) is 5.74. The van der Waals surface area contributed by atoms with Gasteiger partial charge in [-0.2, -0.15) is 13.2 Å². The molecule has 7 heteroatoms. The van der Waals surface area contributed by atoms with Crippen molar-refractivity contribution in [2.24, 2.45) is 5.92 Å². The Hall–Kier alpha value is -2.70. The van der Waals surface area contributed by atoms with Gasteiger partial charge in [-0.1, -0.05) is 12.1 Å². The molecule has 2 N–H and O–H groups in total. The van der Waals surface area contributed by atoms with E-state index in [0.717, 1.165) is 18.2 Å². The monoisotopic (exact) mass is 337 g/mol. The maximum absolute atomic E-state index is 12.9. The third-order valence-electron chi connectivity index (χ3n) is 4.08. The quantitative estimate of drug-likeness (QED) is 0.898. The molecule has 126 valence electrons. The highest BCUT2D eigenvalue weighted by Gasteiger charge is 2.33. The molecular weight excluding hydrogens is 323 g/mol. The Labute approximate surface area is 135 Å². The van der Waals surface area contributed by atoms with Crippen LogP contribution in [0.25, 0.3) is 11.1 Å². The van der Waals surface area contributed by atoms with Gasteiger partial charge in [0.25, 0.3) is 0 Å². The number of aliphatic carboxylic acids is 1. The lowest BCUT2D eigenvalue weighted by Crippen LogP contribution is -2.50. The number of phenolic OH excluding ortho intramolecular Hbond substituents is 1. The Bertz CT molecular complexity index is 783. The predicted octanol–water partition coefficient (Wildman–Crippen LogP) is 3.60. The molecule has 3 rings (SSSR count). The van der Waals surface area contributed by atoms with Gasteiger partial charge in [0.05, 0.1) is 11.5 Å². The minimum absolute atomic E-state index is 0.0852. The summed E-state index contributed by atoms with van der Waals surface area (Å²) >= 11 is 0. The number of benzene rings is 2. The average molecular weight is 337 g/mol. The van der Waals surface area contributed by atoms with Gasteiger partial charge in [-0.3, -0.25) is 4.79 Å². The van der Waals surface area contributed by atoms with Crippen LogP contribution in [0, 0.1) is 5.92 Å². The van der Waals surface area contributed by atoms with Crippen molar-refractivity contribution in [3.63, 3.8) is 0 Å². The van der Waals surface area contributed by atoms with Crippen LogP contribution in [0.3, 0.4) is 0 Å². The van der Waals surface area contributed by atoms with Gasteiger partial charge in [-0.15, -0.1) is 0 Å². The molecule has 1 fully saturated rings. The Kier molecular flexibility index (Phi) is 3.87. The molecule has 0 amide bonds. The fraction of sp³-hybridized carbons (Fsp3) is 0.235. The summed E-state index contributed by atoms with van der Waals surface area (Å²) in [7, 11) is 0. The van der Waals surface area contributed by atoms with Gasteiger partial charge in [0.2, 0.25) is 0 Å². The number of nitrogens with zero attached hydrogens (tertiary/aromatic N) is 1. The van der Waals surface area contributed by atoms with Gasteiger partial charge in [0.1, 0.15) is 5.75 Å². The van der Waals surface area contributed by atoms with Crippen LogP contribution < -0.4 is 4.90 Å². The molecule has 0 atom stereocenters. The van der Waals surface area contributed by atoms with Crippen LogP contribution in [0.1, 0.15) is 5.56 Å². The Morgan fingerprint density at radius 3 is 2.46 bits per heavy atom. The molecule has 0 unspecified atom stereocenters. The zero-order valence-corrected chi connectivity index (χ0v) is 12.4. The highest BCUT2D eigenvalue weighted by atomic mass is 19.4. The standard InChI is InChI=1S/C17H14F3NO3/c18-17(19,20)12-4-5-15(22)14(7-12)10-2-1-3-13(6-10)21-8-11(9-21)16(23)24/h1-7,11,22H,8-9H2,(H,23,24). The number of halogens is 3. The number of alkyl halides is 3. The van der Waals surface area contributed by atoms with Crippen molar-refractivity contribution in [3.05, 3.63) is 48.0 Å². The number of carbonyl (C=O) groups is 1. The maximum atomic E-state index is 12.9. The topological polar surface area (TPSA) is 60.8 Å². The molecule has 0 aromatic heterocycles. The molecule has 4 nitrogen and oxygen atoms in total. The van der Waals surface area contributed by atoms with Crippen LogP contribution >= 0.6 is 0 Å².